The van der Waals surface area contributed by atoms with Gasteiger partial charge in [0.15, 0.2) is 0 Å². The number of thiophene rings is 1. The van der Waals surface area contributed by atoms with Crippen LogP contribution in [-0.2, 0) is 0 Å². The van der Waals surface area contributed by atoms with Crippen molar-refractivity contribution < 1.29 is 4.79 Å². The fourth-order valence-electron chi connectivity index (χ4n) is 3.57. The SMILES string of the molecule is Cc1nc(-c2ccc(Cl)s2)sc1C(=O)NC1CC2CCC(C1)N2. The second-order valence-corrected chi connectivity index (χ2v) is 9.03. The molecule has 0 radical (unpaired) electrons. The summed E-state index contributed by atoms with van der Waals surface area (Å²) in [5, 5.41) is 7.69. The van der Waals surface area contributed by atoms with Gasteiger partial charge in [-0.1, -0.05) is 11.6 Å². The first-order valence-electron chi connectivity index (χ1n) is 7.88. The van der Waals surface area contributed by atoms with E-state index in [-0.39, 0.29) is 11.9 Å². The van der Waals surface area contributed by atoms with E-state index in [0.29, 0.717) is 12.1 Å². The molecule has 122 valence electrons. The summed E-state index contributed by atoms with van der Waals surface area (Å²) < 4.78 is 0.740. The zero-order valence-electron chi connectivity index (χ0n) is 12.8. The van der Waals surface area contributed by atoms with Crippen molar-refractivity contribution in [3.8, 4) is 9.88 Å². The van der Waals surface area contributed by atoms with Gasteiger partial charge in [-0.15, -0.1) is 22.7 Å². The lowest BCUT2D eigenvalue weighted by atomic mass is 10.00. The van der Waals surface area contributed by atoms with Gasteiger partial charge in [-0.2, -0.15) is 0 Å². The Balaban J connectivity index is 1.49. The molecule has 23 heavy (non-hydrogen) atoms. The Morgan fingerprint density at radius 2 is 2.04 bits per heavy atom. The third-order valence-electron chi connectivity index (χ3n) is 4.60. The summed E-state index contributed by atoms with van der Waals surface area (Å²) in [6.07, 6.45) is 4.54. The van der Waals surface area contributed by atoms with E-state index in [4.69, 9.17) is 11.6 Å². The standard InChI is InChI=1S/C16H18ClN3OS2/c1-8-14(23-16(18-8)12-4-5-13(17)22-12)15(21)20-11-6-9-2-3-10(7-11)19-9/h4-5,9-11,19H,2-3,6-7H2,1H3,(H,20,21). The molecule has 2 aromatic rings. The highest BCUT2D eigenvalue weighted by atomic mass is 35.5. The molecule has 1 amide bonds. The first-order chi connectivity index (χ1) is 11.1. The van der Waals surface area contributed by atoms with Crippen LogP contribution in [0.25, 0.3) is 9.88 Å². The topological polar surface area (TPSA) is 54.0 Å². The smallest absolute Gasteiger partial charge is 0.263 e. The maximum Gasteiger partial charge on any atom is 0.263 e. The van der Waals surface area contributed by atoms with Crippen molar-refractivity contribution >= 4 is 40.2 Å². The Bertz CT molecular complexity index is 730. The van der Waals surface area contributed by atoms with Gasteiger partial charge in [0, 0.05) is 18.1 Å². The van der Waals surface area contributed by atoms with Crippen LogP contribution in [0.15, 0.2) is 12.1 Å². The number of piperidine rings is 1. The molecule has 2 bridgehead atoms. The molecule has 4 heterocycles. The van der Waals surface area contributed by atoms with Crippen molar-refractivity contribution in [3.05, 3.63) is 27.0 Å². The third kappa shape index (κ3) is 3.18. The number of halogens is 1. The minimum Gasteiger partial charge on any atom is -0.348 e. The van der Waals surface area contributed by atoms with Gasteiger partial charge in [0.25, 0.3) is 5.91 Å². The zero-order valence-corrected chi connectivity index (χ0v) is 15.2. The molecule has 7 heteroatoms. The summed E-state index contributed by atoms with van der Waals surface area (Å²) in [6, 6.07) is 5.25. The van der Waals surface area contributed by atoms with E-state index in [2.05, 4.69) is 15.6 Å². The second-order valence-electron chi connectivity index (χ2n) is 6.32. The number of thiazole rings is 1. The number of aromatic nitrogens is 1. The predicted octanol–water partition coefficient (Wildman–Crippen LogP) is 3.85. The first kappa shape index (κ1) is 15.6. The van der Waals surface area contributed by atoms with Crippen molar-refractivity contribution in [1.82, 2.24) is 15.6 Å². The molecule has 0 saturated carbocycles. The molecule has 2 unspecified atom stereocenters. The molecule has 2 fully saturated rings. The number of carbonyl (C=O) groups excluding carboxylic acids is 1. The third-order valence-corrected chi connectivity index (χ3v) is 7.15. The Morgan fingerprint density at radius 1 is 1.30 bits per heavy atom. The van der Waals surface area contributed by atoms with Gasteiger partial charge in [-0.05, 0) is 44.7 Å². The average molecular weight is 368 g/mol. The molecule has 2 saturated heterocycles. The number of nitrogens with zero attached hydrogens (tertiary/aromatic N) is 1. The van der Waals surface area contributed by atoms with E-state index in [9.17, 15) is 4.79 Å². The number of hydrogen-bond acceptors (Lipinski definition) is 5. The van der Waals surface area contributed by atoms with Gasteiger partial charge in [0.05, 0.1) is 14.9 Å². The highest BCUT2D eigenvalue weighted by Gasteiger charge is 2.34. The van der Waals surface area contributed by atoms with Gasteiger partial charge < -0.3 is 10.6 Å². The molecule has 2 N–H and O–H groups in total. The number of amides is 1. The summed E-state index contributed by atoms with van der Waals surface area (Å²) >= 11 is 8.94. The van der Waals surface area contributed by atoms with Gasteiger partial charge in [0.1, 0.15) is 9.88 Å². The summed E-state index contributed by atoms with van der Waals surface area (Å²) in [6.45, 7) is 1.90. The summed E-state index contributed by atoms with van der Waals surface area (Å²) in [5.41, 5.74) is 0.795. The van der Waals surface area contributed by atoms with Crippen molar-refractivity contribution in [2.75, 3.05) is 0 Å². The van der Waals surface area contributed by atoms with Crippen LogP contribution >= 0.6 is 34.3 Å². The number of nitrogens with one attached hydrogen (secondary N) is 2. The molecule has 4 nitrogen and oxygen atoms in total. The monoisotopic (exact) mass is 367 g/mol. The highest BCUT2D eigenvalue weighted by molar-refractivity contribution is 7.24. The Hall–Kier alpha value is -0.950. The second kappa shape index (κ2) is 6.16. The van der Waals surface area contributed by atoms with Crippen LogP contribution in [0.2, 0.25) is 4.34 Å². The number of aryl methyl sites for hydroxylation is 1. The van der Waals surface area contributed by atoms with Crippen molar-refractivity contribution in [1.29, 1.82) is 0 Å². The van der Waals surface area contributed by atoms with Crippen LogP contribution in [-0.4, -0.2) is 29.0 Å². The largest absolute Gasteiger partial charge is 0.348 e. The number of fused-ring (bicyclic) bond motifs is 2. The molecule has 0 spiro atoms. The van der Waals surface area contributed by atoms with Crippen molar-refractivity contribution in [2.45, 2.75) is 50.7 Å². The normalized spacial score (nSPS) is 26.4. The van der Waals surface area contributed by atoms with Gasteiger partial charge >= 0.3 is 0 Å². The lowest BCUT2D eigenvalue weighted by molar-refractivity contribution is 0.0927. The molecule has 2 aromatic heterocycles. The fraction of sp³-hybridized carbons (Fsp3) is 0.500. The summed E-state index contributed by atoms with van der Waals surface area (Å²) in [4.78, 5) is 18.9. The van der Waals surface area contributed by atoms with E-state index in [1.807, 2.05) is 19.1 Å². The minimum atomic E-state index is 0.0141. The molecule has 0 aliphatic carbocycles. The van der Waals surface area contributed by atoms with Crippen LogP contribution < -0.4 is 10.6 Å². The van der Waals surface area contributed by atoms with E-state index in [1.165, 1.54) is 35.5 Å². The Labute approximate surface area is 148 Å². The van der Waals surface area contributed by atoms with Gasteiger partial charge in [-0.25, -0.2) is 4.98 Å². The predicted molar refractivity (Wildman–Crippen MR) is 95.6 cm³/mol. The maximum atomic E-state index is 12.6. The van der Waals surface area contributed by atoms with Crippen LogP contribution in [0.4, 0.5) is 0 Å². The average Bonchev–Trinajstić information content (AvgIpc) is 3.18. The van der Waals surface area contributed by atoms with Gasteiger partial charge in [-0.3, -0.25) is 4.79 Å². The Kier molecular flexibility index (Phi) is 4.17. The summed E-state index contributed by atoms with van der Waals surface area (Å²) in [5.74, 6) is 0.0141. The number of rotatable bonds is 3. The fourth-order valence-corrected chi connectivity index (χ4v) is 5.63. The molecule has 4 rings (SSSR count). The quantitative estimate of drug-likeness (QED) is 0.866. The maximum absolute atomic E-state index is 12.6. The van der Waals surface area contributed by atoms with E-state index >= 15 is 0 Å². The van der Waals surface area contributed by atoms with E-state index in [1.54, 1.807) is 0 Å². The van der Waals surface area contributed by atoms with Crippen LogP contribution in [0.3, 0.4) is 0 Å². The number of carbonyl (C=O) groups is 1. The van der Waals surface area contributed by atoms with Crippen LogP contribution in [0, 0.1) is 6.92 Å². The lowest BCUT2D eigenvalue weighted by Gasteiger charge is -2.29. The van der Waals surface area contributed by atoms with E-state index < -0.39 is 0 Å². The Morgan fingerprint density at radius 3 is 2.70 bits per heavy atom. The zero-order chi connectivity index (χ0) is 16.0. The minimum absolute atomic E-state index is 0.0141. The highest BCUT2D eigenvalue weighted by Crippen LogP contribution is 2.35. The van der Waals surface area contributed by atoms with Crippen LogP contribution in [0.5, 0.6) is 0 Å². The molecule has 2 aliphatic heterocycles. The van der Waals surface area contributed by atoms with Crippen molar-refractivity contribution in [3.63, 3.8) is 0 Å². The van der Waals surface area contributed by atoms with E-state index in [0.717, 1.165) is 37.6 Å². The molecule has 0 aromatic carbocycles. The lowest BCUT2D eigenvalue weighted by Crippen LogP contribution is -2.48. The molecule has 2 atom stereocenters. The molecule has 2 aliphatic rings. The van der Waals surface area contributed by atoms with Crippen LogP contribution in [0.1, 0.15) is 41.0 Å². The number of hydrogen-bond donors (Lipinski definition) is 2. The molecular weight excluding hydrogens is 350 g/mol. The van der Waals surface area contributed by atoms with Gasteiger partial charge in [0.2, 0.25) is 0 Å². The summed E-state index contributed by atoms with van der Waals surface area (Å²) in [7, 11) is 0. The first-order valence-corrected chi connectivity index (χ1v) is 9.89. The van der Waals surface area contributed by atoms with Crippen molar-refractivity contribution in [2.24, 2.45) is 0 Å². The molecular formula is C16H18ClN3OS2.